The Morgan fingerprint density at radius 2 is 1.90 bits per heavy atom. The molecule has 1 rings (SSSR count). The Morgan fingerprint density at radius 1 is 1.25 bits per heavy atom. The Balaban J connectivity index is 2.42. The number of carboxylic acid groups (broad SMARTS) is 1. The molecule has 0 spiro atoms. The smallest absolute Gasteiger partial charge is 0.329 e. The molecule has 0 heterocycles. The molecule has 0 aliphatic rings. The zero-order chi connectivity index (χ0) is 15.0. The van der Waals surface area contributed by atoms with Gasteiger partial charge in [-0.2, -0.15) is 0 Å². The molecule has 0 bridgehead atoms. The van der Waals surface area contributed by atoms with Crippen LogP contribution in [0.2, 0.25) is 0 Å². The van der Waals surface area contributed by atoms with Crippen LogP contribution in [-0.2, 0) is 20.8 Å². The Kier molecular flexibility index (Phi) is 6.97. The molecule has 1 aromatic carbocycles. The van der Waals surface area contributed by atoms with E-state index in [0.717, 1.165) is 12.0 Å². The van der Waals surface area contributed by atoms with Gasteiger partial charge in [0.05, 0.1) is 0 Å². The summed E-state index contributed by atoms with van der Waals surface area (Å²) in [7, 11) is 0. The summed E-state index contributed by atoms with van der Waals surface area (Å²) in [6.45, 7) is 1.30. The van der Waals surface area contributed by atoms with Crippen LogP contribution in [0.4, 0.5) is 0 Å². The molecule has 0 saturated heterocycles. The first-order valence-electron chi connectivity index (χ1n) is 6.23. The topological polar surface area (TPSA) is 83.5 Å². The first kappa shape index (κ1) is 16.4. The van der Waals surface area contributed by atoms with E-state index in [1.165, 1.54) is 6.92 Å². The molecule has 0 aliphatic heterocycles. The van der Waals surface area contributed by atoms with Gasteiger partial charge < -0.3 is 5.11 Å². The molecular weight excluding hydrogens is 278 g/mol. The van der Waals surface area contributed by atoms with E-state index in [2.05, 4.69) is 4.72 Å². The fraction of sp³-hybridized carbons (Fsp3) is 0.357. The molecule has 0 unspecified atom stereocenters. The standard InChI is InChI=1S/C14H17NO4S/c1-10(16)20-15-13(14(18)19)12(17)9-5-8-11-6-3-2-4-7-11/h2-4,6-7,13,15H,5,8-9H2,1H3,(H,18,19)/t13-/m0/s1. The number of aliphatic carboxylic acids is 1. The molecule has 0 fully saturated rings. The van der Waals surface area contributed by atoms with Crippen molar-refractivity contribution in [3.05, 3.63) is 35.9 Å². The minimum atomic E-state index is -1.33. The van der Waals surface area contributed by atoms with E-state index < -0.39 is 17.8 Å². The van der Waals surface area contributed by atoms with Gasteiger partial charge in [-0.1, -0.05) is 30.3 Å². The van der Waals surface area contributed by atoms with Crippen molar-refractivity contribution in [3.63, 3.8) is 0 Å². The van der Waals surface area contributed by atoms with Gasteiger partial charge in [-0.15, -0.1) is 0 Å². The Hall–Kier alpha value is -1.66. The quantitative estimate of drug-likeness (QED) is 0.562. The lowest BCUT2D eigenvalue weighted by Gasteiger charge is -2.11. The number of nitrogens with one attached hydrogen (secondary N) is 1. The number of carbonyl (C=O) groups excluding carboxylic acids is 2. The summed E-state index contributed by atoms with van der Waals surface area (Å²) in [5.74, 6) is -1.68. The van der Waals surface area contributed by atoms with Crippen LogP contribution in [-0.4, -0.2) is 28.0 Å². The third kappa shape index (κ3) is 5.99. The van der Waals surface area contributed by atoms with Gasteiger partial charge >= 0.3 is 5.97 Å². The molecule has 0 aliphatic carbocycles. The Morgan fingerprint density at radius 3 is 2.45 bits per heavy atom. The fourth-order valence-corrected chi connectivity index (χ4v) is 2.17. The maximum absolute atomic E-state index is 11.8. The lowest BCUT2D eigenvalue weighted by Crippen LogP contribution is -2.40. The van der Waals surface area contributed by atoms with Crippen molar-refractivity contribution < 1.29 is 19.5 Å². The first-order valence-corrected chi connectivity index (χ1v) is 7.04. The summed E-state index contributed by atoms with van der Waals surface area (Å²) in [5.41, 5.74) is 1.11. The van der Waals surface area contributed by atoms with E-state index in [9.17, 15) is 14.4 Å². The van der Waals surface area contributed by atoms with Crippen molar-refractivity contribution in [2.45, 2.75) is 32.2 Å². The third-order valence-corrected chi connectivity index (χ3v) is 3.26. The number of carboxylic acids is 1. The molecule has 0 saturated carbocycles. The van der Waals surface area contributed by atoms with Crippen molar-refractivity contribution in [2.75, 3.05) is 0 Å². The number of ketones is 1. The molecule has 1 aromatic rings. The van der Waals surface area contributed by atoms with Gasteiger partial charge in [0.25, 0.3) is 0 Å². The molecule has 2 N–H and O–H groups in total. The average molecular weight is 295 g/mol. The fourth-order valence-electron chi connectivity index (χ4n) is 1.65. The van der Waals surface area contributed by atoms with Gasteiger partial charge in [0.1, 0.15) is 0 Å². The maximum atomic E-state index is 11.8. The number of hydrogen-bond acceptors (Lipinski definition) is 5. The molecule has 5 nitrogen and oxygen atoms in total. The van der Waals surface area contributed by atoms with E-state index >= 15 is 0 Å². The van der Waals surface area contributed by atoms with Crippen LogP contribution in [0.1, 0.15) is 25.3 Å². The zero-order valence-corrected chi connectivity index (χ0v) is 12.0. The lowest BCUT2D eigenvalue weighted by molar-refractivity contribution is -0.142. The van der Waals surface area contributed by atoms with Crippen LogP contribution in [0, 0.1) is 0 Å². The average Bonchev–Trinajstić information content (AvgIpc) is 2.39. The monoisotopic (exact) mass is 295 g/mol. The van der Waals surface area contributed by atoms with E-state index in [4.69, 9.17) is 5.11 Å². The van der Waals surface area contributed by atoms with Gasteiger partial charge in [-0.25, -0.2) is 4.72 Å². The molecular formula is C14H17NO4S. The molecule has 20 heavy (non-hydrogen) atoms. The first-order chi connectivity index (χ1) is 9.50. The van der Waals surface area contributed by atoms with Gasteiger partial charge in [-0.3, -0.25) is 14.4 Å². The van der Waals surface area contributed by atoms with E-state index in [-0.39, 0.29) is 11.5 Å². The van der Waals surface area contributed by atoms with Crippen LogP contribution in [0.5, 0.6) is 0 Å². The highest BCUT2D eigenvalue weighted by atomic mass is 32.2. The van der Waals surface area contributed by atoms with Gasteiger partial charge in [0.15, 0.2) is 11.8 Å². The van der Waals surface area contributed by atoms with Gasteiger partial charge in [0, 0.05) is 13.3 Å². The molecule has 0 aromatic heterocycles. The predicted molar refractivity (Wildman–Crippen MR) is 77.2 cm³/mol. The summed E-state index contributed by atoms with van der Waals surface area (Å²) in [6, 6.07) is 8.34. The van der Waals surface area contributed by atoms with E-state index in [0.29, 0.717) is 18.4 Å². The van der Waals surface area contributed by atoms with Crippen LogP contribution in [0.25, 0.3) is 0 Å². The number of benzene rings is 1. The maximum Gasteiger partial charge on any atom is 0.329 e. The van der Waals surface area contributed by atoms with Crippen molar-refractivity contribution in [2.24, 2.45) is 0 Å². The van der Waals surface area contributed by atoms with Gasteiger partial charge in [-0.05, 0) is 30.4 Å². The van der Waals surface area contributed by atoms with Crippen molar-refractivity contribution in [3.8, 4) is 0 Å². The molecule has 0 amide bonds. The minimum Gasteiger partial charge on any atom is -0.480 e. The molecule has 108 valence electrons. The summed E-state index contributed by atoms with van der Waals surface area (Å²) in [5, 5.41) is 8.68. The Labute approximate surface area is 121 Å². The third-order valence-electron chi connectivity index (χ3n) is 2.62. The lowest BCUT2D eigenvalue weighted by atomic mass is 10.0. The van der Waals surface area contributed by atoms with E-state index in [1.54, 1.807) is 0 Å². The highest BCUT2D eigenvalue weighted by Gasteiger charge is 2.25. The number of carbonyl (C=O) groups is 3. The minimum absolute atomic E-state index is 0.164. The number of hydrogen-bond donors (Lipinski definition) is 2. The van der Waals surface area contributed by atoms with Crippen molar-refractivity contribution in [1.29, 1.82) is 0 Å². The normalized spacial score (nSPS) is 11.8. The zero-order valence-electron chi connectivity index (χ0n) is 11.2. The van der Waals surface area contributed by atoms with Crippen LogP contribution < -0.4 is 4.72 Å². The van der Waals surface area contributed by atoms with Crippen LogP contribution in [0.3, 0.4) is 0 Å². The number of aryl methyl sites for hydroxylation is 1. The highest BCUT2D eigenvalue weighted by Crippen LogP contribution is 2.08. The van der Waals surface area contributed by atoms with E-state index in [1.807, 2.05) is 30.3 Å². The summed E-state index contributed by atoms with van der Waals surface area (Å²) < 4.78 is 2.39. The van der Waals surface area contributed by atoms with Crippen molar-refractivity contribution in [1.82, 2.24) is 4.72 Å². The van der Waals surface area contributed by atoms with Crippen LogP contribution >= 0.6 is 11.9 Å². The highest BCUT2D eigenvalue weighted by molar-refractivity contribution is 8.11. The second-order valence-electron chi connectivity index (χ2n) is 4.29. The van der Waals surface area contributed by atoms with Crippen molar-refractivity contribution >= 4 is 28.8 Å². The van der Waals surface area contributed by atoms with Crippen LogP contribution in [0.15, 0.2) is 30.3 Å². The SMILES string of the molecule is CC(=O)SN[C@H](C(=O)O)C(=O)CCCc1ccccc1. The largest absolute Gasteiger partial charge is 0.480 e. The summed E-state index contributed by atoms with van der Waals surface area (Å²) in [4.78, 5) is 33.6. The summed E-state index contributed by atoms with van der Waals surface area (Å²) in [6.07, 6.45) is 1.47. The molecule has 1 atom stereocenters. The molecule has 0 radical (unpaired) electrons. The van der Waals surface area contributed by atoms with Gasteiger partial charge in [0.2, 0.25) is 5.12 Å². The second-order valence-corrected chi connectivity index (χ2v) is 5.30. The second kappa shape index (κ2) is 8.50. The summed E-state index contributed by atoms with van der Waals surface area (Å²) >= 11 is 0.635. The Bertz CT molecular complexity index is 475. The number of Topliss-reactive ketones (excluding diaryl/α,β-unsaturated/α-hetero) is 1. The number of rotatable bonds is 8. The molecule has 6 heteroatoms. The predicted octanol–water partition coefficient (Wildman–Crippen LogP) is 1.82.